The van der Waals surface area contributed by atoms with Gasteiger partial charge in [-0.15, -0.1) is 0 Å². The minimum Gasteiger partial charge on any atom is -0.494 e. The van der Waals surface area contributed by atoms with Crippen molar-refractivity contribution in [1.82, 2.24) is 0 Å². The van der Waals surface area contributed by atoms with Gasteiger partial charge in [-0.25, -0.2) is 0 Å². The highest BCUT2D eigenvalue weighted by atomic mass is 35.5. The van der Waals surface area contributed by atoms with Gasteiger partial charge < -0.3 is 10.5 Å². The fourth-order valence-electron chi connectivity index (χ4n) is 1.83. The molecule has 0 saturated heterocycles. The van der Waals surface area contributed by atoms with E-state index in [1.54, 1.807) is 7.11 Å². The van der Waals surface area contributed by atoms with Gasteiger partial charge in [0.05, 0.1) is 17.2 Å². The first-order valence-electron chi connectivity index (χ1n) is 6.23. The standard InChI is InChI=1S/C14H21Cl2NO/c1-9(2)13(17)6-4-5-10-7-11(15)14(18-3)12(16)8-10/h7-9,13H,4-6,17H2,1-3H3. The number of benzene rings is 1. The molecule has 0 heterocycles. The van der Waals surface area contributed by atoms with Crippen molar-refractivity contribution in [2.75, 3.05) is 7.11 Å². The highest BCUT2D eigenvalue weighted by Crippen LogP contribution is 2.34. The third-order valence-electron chi connectivity index (χ3n) is 3.12. The van der Waals surface area contributed by atoms with E-state index >= 15 is 0 Å². The van der Waals surface area contributed by atoms with Crippen LogP contribution in [0.1, 0.15) is 32.3 Å². The van der Waals surface area contributed by atoms with Crippen molar-refractivity contribution >= 4 is 23.2 Å². The minimum atomic E-state index is 0.259. The van der Waals surface area contributed by atoms with Gasteiger partial charge in [-0.1, -0.05) is 37.0 Å². The van der Waals surface area contributed by atoms with Crippen molar-refractivity contribution in [3.8, 4) is 5.75 Å². The van der Waals surface area contributed by atoms with Gasteiger partial charge in [0.2, 0.25) is 0 Å². The molecule has 0 aliphatic heterocycles. The van der Waals surface area contributed by atoms with E-state index in [0.717, 1.165) is 24.8 Å². The summed E-state index contributed by atoms with van der Waals surface area (Å²) >= 11 is 12.2. The molecular weight excluding hydrogens is 269 g/mol. The van der Waals surface area contributed by atoms with Gasteiger partial charge >= 0.3 is 0 Å². The number of methoxy groups -OCH3 is 1. The van der Waals surface area contributed by atoms with E-state index in [1.807, 2.05) is 12.1 Å². The average Bonchev–Trinajstić information content (AvgIpc) is 2.28. The van der Waals surface area contributed by atoms with E-state index in [1.165, 1.54) is 0 Å². The maximum absolute atomic E-state index is 6.09. The van der Waals surface area contributed by atoms with E-state index in [-0.39, 0.29) is 6.04 Å². The second-order valence-corrected chi connectivity index (χ2v) is 5.71. The lowest BCUT2D eigenvalue weighted by atomic mass is 9.98. The van der Waals surface area contributed by atoms with Crippen molar-refractivity contribution in [2.24, 2.45) is 11.7 Å². The van der Waals surface area contributed by atoms with Crippen LogP contribution < -0.4 is 10.5 Å². The Morgan fingerprint density at radius 1 is 1.22 bits per heavy atom. The Bertz CT molecular complexity index is 370. The monoisotopic (exact) mass is 289 g/mol. The zero-order chi connectivity index (χ0) is 13.7. The molecule has 0 saturated carbocycles. The van der Waals surface area contributed by atoms with Crippen LogP contribution in [-0.2, 0) is 6.42 Å². The molecule has 0 amide bonds. The smallest absolute Gasteiger partial charge is 0.156 e. The van der Waals surface area contributed by atoms with E-state index < -0.39 is 0 Å². The van der Waals surface area contributed by atoms with Crippen molar-refractivity contribution < 1.29 is 4.74 Å². The van der Waals surface area contributed by atoms with E-state index in [9.17, 15) is 0 Å². The first-order valence-corrected chi connectivity index (χ1v) is 6.98. The van der Waals surface area contributed by atoms with Crippen molar-refractivity contribution in [1.29, 1.82) is 0 Å². The quantitative estimate of drug-likeness (QED) is 0.847. The summed E-state index contributed by atoms with van der Waals surface area (Å²) < 4.78 is 5.12. The Hall–Kier alpha value is -0.440. The second-order valence-electron chi connectivity index (χ2n) is 4.89. The first kappa shape index (κ1) is 15.6. The normalized spacial score (nSPS) is 12.8. The average molecular weight is 290 g/mol. The van der Waals surface area contributed by atoms with Crippen molar-refractivity contribution in [2.45, 2.75) is 39.2 Å². The highest BCUT2D eigenvalue weighted by Gasteiger charge is 2.10. The topological polar surface area (TPSA) is 35.2 Å². The number of hydrogen-bond donors (Lipinski definition) is 1. The molecule has 0 bridgehead atoms. The predicted octanol–water partition coefficient (Wildman–Crippen LogP) is 4.31. The van der Waals surface area contributed by atoms with Gasteiger partial charge in [0.15, 0.2) is 5.75 Å². The van der Waals surface area contributed by atoms with Gasteiger partial charge in [-0.3, -0.25) is 0 Å². The number of ether oxygens (including phenoxy) is 1. The molecule has 18 heavy (non-hydrogen) atoms. The lowest BCUT2D eigenvalue weighted by Gasteiger charge is -2.15. The molecule has 4 heteroatoms. The lowest BCUT2D eigenvalue weighted by Crippen LogP contribution is -2.26. The fourth-order valence-corrected chi connectivity index (χ4v) is 2.51. The Morgan fingerprint density at radius 3 is 2.22 bits per heavy atom. The second kappa shape index (κ2) is 7.22. The number of hydrogen-bond acceptors (Lipinski definition) is 2. The summed E-state index contributed by atoms with van der Waals surface area (Å²) in [6.45, 7) is 4.29. The van der Waals surface area contributed by atoms with E-state index in [2.05, 4.69) is 13.8 Å². The molecule has 0 aliphatic carbocycles. The Kier molecular flexibility index (Phi) is 6.27. The highest BCUT2D eigenvalue weighted by molar-refractivity contribution is 6.37. The molecule has 0 fully saturated rings. The fraction of sp³-hybridized carbons (Fsp3) is 0.571. The zero-order valence-corrected chi connectivity index (χ0v) is 12.7. The molecule has 1 rings (SSSR count). The van der Waals surface area contributed by atoms with Crippen LogP contribution in [0.5, 0.6) is 5.75 Å². The van der Waals surface area contributed by atoms with Gasteiger partial charge in [0, 0.05) is 6.04 Å². The third-order valence-corrected chi connectivity index (χ3v) is 3.68. The molecule has 0 spiro atoms. The maximum Gasteiger partial charge on any atom is 0.156 e. The Labute approximate surface area is 119 Å². The molecule has 1 aromatic carbocycles. The summed E-state index contributed by atoms with van der Waals surface area (Å²) in [5.74, 6) is 1.06. The predicted molar refractivity (Wildman–Crippen MR) is 78.8 cm³/mol. The van der Waals surface area contributed by atoms with Gasteiger partial charge in [0.1, 0.15) is 0 Å². The molecular formula is C14H21Cl2NO. The van der Waals surface area contributed by atoms with Crippen LogP contribution >= 0.6 is 23.2 Å². The van der Waals surface area contributed by atoms with Crippen LogP contribution in [0.25, 0.3) is 0 Å². The molecule has 0 aromatic heterocycles. The van der Waals surface area contributed by atoms with E-state index in [4.69, 9.17) is 33.7 Å². The molecule has 2 nitrogen and oxygen atoms in total. The van der Waals surface area contributed by atoms with Gasteiger partial charge in [-0.2, -0.15) is 0 Å². The van der Waals surface area contributed by atoms with Gasteiger partial charge in [-0.05, 0) is 42.9 Å². The van der Waals surface area contributed by atoms with Crippen LogP contribution in [0, 0.1) is 5.92 Å². The lowest BCUT2D eigenvalue weighted by molar-refractivity contribution is 0.415. The maximum atomic E-state index is 6.09. The molecule has 1 unspecified atom stereocenters. The molecule has 102 valence electrons. The molecule has 2 N–H and O–H groups in total. The number of nitrogens with two attached hydrogens (primary N) is 1. The first-order chi connectivity index (χ1) is 8.45. The van der Waals surface area contributed by atoms with Gasteiger partial charge in [0.25, 0.3) is 0 Å². The SMILES string of the molecule is COc1c(Cl)cc(CCCC(N)C(C)C)cc1Cl. The molecule has 1 aromatic rings. The summed E-state index contributed by atoms with van der Waals surface area (Å²) in [5, 5.41) is 1.13. The van der Waals surface area contributed by atoms with Crippen LogP contribution in [0.15, 0.2) is 12.1 Å². The summed E-state index contributed by atoms with van der Waals surface area (Å²) in [6, 6.07) is 4.08. The Balaban J connectivity index is 2.58. The van der Waals surface area contributed by atoms with Crippen molar-refractivity contribution in [3.63, 3.8) is 0 Å². The third kappa shape index (κ3) is 4.34. The van der Waals surface area contributed by atoms with Crippen LogP contribution in [-0.4, -0.2) is 13.2 Å². The molecule has 1 atom stereocenters. The zero-order valence-electron chi connectivity index (χ0n) is 11.2. The minimum absolute atomic E-state index is 0.259. The van der Waals surface area contributed by atoms with Crippen molar-refractivity contribution in [3.05, 3.63) is 27.7 Å². The van der Waals surface area contributed by atoms with Crippen LogP contribution in [0.2, 0.25) is 10.0 Å². The van der Waals surface area contributed by atoms with E-state index in [0.29, 0.717) is 21.7 Å². The number of halogens is 2. The Morgan fingerprint density at radius 2 is 1.78 bits per heavy atom. The van der Waals surface area contributed by atoms with Crippen LogP contribution in [0.4, 0.5) is 0 Å². The largest absolute Gasteiger partial charge is 0.494 e. The van der Waals surface area contributed by atoms with Crippen LogP contribution in [0.3, 0.4) is 0 Å². The number of rotatable bonds is 6. The summed E-state index contributed by atoms with van der Waals surface area (Å²) in [6.07, 6.45) is 2.99. The summed E-state index contributed by atoms with van der Waals surface area (Å²) in [4.78, 5) is 0. The summed E-state index contributed by atoms with van der Waals surface area (Å²) in [7, 11) is 1.56. The molecule has 0 aliphatic rings. The summed E-state index contributed by atoms with van der Waals surface area (Å²) in [5.41, 5.74) is 7.14. The number of aryl methyl sites for hydroxylation is 1. The molecule has 0 radical (unpaired) electrons.